The van der Waals surface area contributed by atoms with Gasteiger partial charge in [0.15, 0.2) is 6.10 Å². The predicted octanol–water partition coefficient (Wildman–Crippen LogP) is -0.396. The van der Waals surface area contributed by atoms with Gasteiger partial charge in [-0.2, -0.15) is 0 Å². The number of aliphatic hydroxyl groups is 3. The summed E-state index contributed by atoms with van der Waals surface area (Å²) in [6.07, 6.45) is -7.11. The van der Waals surface area contributed by atoms with Crippen LogP contribution in [0, 0.1) is 0 Å². The number of hydrogen-bond donors (Lipinski definition) is 6. The Morgan fingerprint density at radius 2 is 1.71 bits per heavy atom. The number of rotatable bonds is 11. The molecule has 7 N–H and O–H groups in total. The number of carboxylic acids is 1. The second kappa shape index (κ2) is 11.9. The number of nitrogens with two attached hydrogens (primary N) is 1. The van der Waals surface area contributed by atoms with Crippen molar-refractivity contribution in [2.45, 2.75) is 62.6 Å². The number of hydrogen-bond acceptors (Lipinski definition) is 8. The van der Waals surface area contributed by atoms with Gasteiger partial charge in [0.05, 0.1) is 0 Å². The summed E-state index contributed by atoms with van der Waals surface area (Å²) in [5.41, 5.74) is 5.48. The van der Waals surface area contributed by atoms with Gasteiger partial charge in [0, 0.05) is 6.54 Å². The number of amides is 1. The molecule has 1 aromatic carbocycles. The van der Waals surface area contributed by atoms with E-state index < -0.39 is 48.8 Å². The van der Waals surface area contributed by atoms with Gasteiger partial charge in [0.1, 0.15) is 24.1 Å². The van der Waals surface area contributed by atoms with Crippen molar-refractivity contribution in [1.82, 2.24) is 5.32 Å². The third-order valence-electron chi connectivity index (χ3n) is 4.90. The van der Waals surface area contributed by atoms with Crippen molar-refractivity contribution < 1.29 is 43.9 Å². The van der Waals surface area contributed by atoms with Gasteiger partial charge in [0.2, 0.25) is 12.5 Å². The Bertz CT molecular complexity index is 720. The monoisotopic (exact) mass is 444 g/mol. The Labute approximate surface area is 178 Å². The van der Waals surface area contributed by atoms with E-state index in [-0.39, 0.29) is 11.3 Å². The molecule has 0 aromatic heterocycles. The standard InChI is InChI=1S/C20H29FN2O8/c21-13(18(27)23-10-4-2-1-3-9-22)11-5-7-12(8-6-11)30-20-16(26)14(24)15(25)17(31-20)19(28)29/h5-8,13-17,20,24-26H,1-4,9-10,22H2,(H,23,27)(H,28,29)/t13?,14-,15-,16+,17-,20-/m0/s1. The molecule has 0 aliphatic carbocycles. The Kier molecular flexibility index (Phi) is 9.59. The van der Waals surface area contributed by atoms with E-state index >= 15 is 0 Å². The largest absolute Gasteiger partial charge is 0.479 e. The number of carbonyl (C=O) groups is 2. The average molecular weight is 444 g/mol. The molecule has 1 unspecified atom stereocenters. The summed E-state index contributed by atoms with van der Waals surface area (Å²) in [6, 6.07) is 5.22. The van der Waals surface area contributed by atoms with E-state index in [0.29, 0.717) is 13.1 Å². The summed E-state index contributed by atoms with van der Waals surface area (Å²) in [4.78, 5) is 23.1. The minimum Gasteiger partial charge on any atom is -0.479 e. The summed E-state index contributed by atoms with van der Waals surface area (Å²) in [5, 5.41) is 41.0. The second-order valence-electron chi connectivity index (χ2n) is 7.28. The quantitative estimate of drug-likeness (QED) is 0.248. The van der Waals surface area contributed by atoms with Crippen LogP contribution in [0.1, 0.15) is 37.4 Å². The average Bonchev–Trinajstić information content (AvgIpc) is 2.76. The van der Waals surface area contributed by atoms with E-state index in [1.807, 2.05) is 0 Å². The number of aliphatic hydroxyl groups excluding tert-OH is 3. The summed E-state index contributed by atoms with van der Waals surface area (Å²) >= 11 is 0. The van der Waals surface area contributed by atoms with Crippen LogP contribution in [0.15, 0.2) is 24.3 Å². The van der Waals surface area contributed by atoms with Gasteiger partial charge in [-0.25, -0.2) is 9.18 Å². The van der Waals surface area contributed by atoms with Crippen LogP contribution in [-0.4, -0.2) is 76.1 Å². The number of carboxylic acid groups (broad SMARTS) is 1. The first-order valence-corrected chi connectivity index (χ1v) is 10.1. The van der Waals surface area contributed by atoms with E-state index in [1.165, 1.54) is 24.3 Å². The fraction of sp³-hybridized carbons (Fsp3) is 0.600. The van der Waals surface area contributed by atoms with Crippen molar-refractivity contribution in [3.8, 4) is 5.75 Å². The van der Waals surface area contributed by atoms with Crippen LogP contribution in [0.4, 0.5) is 4.39 Å². The first kappa shape index (κ1) is 25.0. The van der Waals surface area contributed by atoms with Gasteiger partial charge in [-0.05, 0) is 37.1 Å². The smallest absolute Gasteiger partial charge is 0.335 e. The van der Waals surface area contributed by atoms with Gasteiger partial charge in [0.25, 0.3) is 5.91 Å². The first-order chi connectivity index (χ1) is 14.8. The summed E-state index contributed by atoms with van der Waals surface area (Å²) in [6.45, 7) is 0.980. The van der Waals surface area contributed by atoms with Crippen LogP contribution in [0.25, 0.3) is 0 Å². The molecule has 6 atom stereocenters. The number of ether oxygens (including phenoxy) is 2. The Balaban J connectivity index is 1.89. The van der Waals surface area contributed by atoms with Crippen LogP contribution in [0.3, 0.4) is 0 Å². The van der Waals surface area contributed by atoms with Crippen LogP contribution in [0.2, 0.25) is 0 Å². The molecule has 2 rings (SSSR count). The molecule has 1 fully saturated rings. The molecule has 1 aliphatic rings. The fourth-order valence-electron chi connectivity index (χ4n) is 3.07. The number of nitrogens with one attached hydrogen (secondary N) is 1. The lowest BCUT2D eigenvalue weighted by Crippen LogP contribution is -2.61. The molecule has 31 heavy (non-hydrogen) atoms. The van der Waals surface area contributed by atoms with Gasteiger partial charge in [-0.1, -0.05) is 25.0 Å². The maximum atomic E-state index is 14.4. The molecular formula is C20H29FN2O8. The zero-order valence-electron chi connectivity index (χ0n) is 16.9. The van der Waals surface area contributed by atoms with Crippen LogP contribution in [-0.2, 0) is 14.3 Å². The van der Waals surface area contributed by atoms with Crippen LogP contribution in [0.5, 0.6) is 5.75 Å². The van der Waals surface area contributed by atoms with Crippen molar-refractivity contribution in [1.29, 1.82) is 0 Å². The minimum atomic E-state index is -1.89. The molecule has 1 aromatic rings. The highest BCUT2D eigenvalue weighted by atomic mass is 19.1. The van der Waals surface area contributed by atoms with Crippen molar-refractivity contribution >= 4 is 11.9 Å². The molecule has 1 aliphatic heterocycles. The lowest BCUT2D eigenvalue weighted by molar-refractivity contribution is -0.271. The maximum absolute atomic E-state index is 14.4. The molecule has 0 spiro atoms. The molecule has 1 saturated heterocycles. The van der Waals surface area contributed by atoms with Crippen molar-refractivity contribution in [2.24, 2.45) is 5.73 Å². The van der Waals surface area contributed by atoms with E-state index in [0.717, 1.165) is 25.7 Å². The topological polar surface area (TPSA) is 172 Å². The molecular weight excluding hydrogens is 415 g/mol. The van der Waals surface area contributed by atoms with Crippen LogP contribution >= 0.6 is 0 Å². The SMILES string of the molecule is NCCCCCCNC(=O)C(F)c1ccc(O[C@H]2O[C@H](C(=O)O)[C@@H](O)[C@H](O)[C@H]2O)cc1. The van der Waals surface area contributed by atoms with Crippen molar-refractivity contribution in [2.75, 3.05) is 13.1 Å². The van der Waals surface area contributed by atoms with Crippen LogP contribution < -0.4 is 15.8 Å². The molecule has 1 amide bonds. The van der Waals surface area contributed by atoms with Gasteiger partial charge < -0.3 is 41.0 Å². The number of benzene rings is 1. The molecule has 11 heteroatoms. The van der Waals surface area contributed by atoms with Gasteiger partial charge in [-0.15, -0.1) is 0 Å². The highest BCUT2D eigenvalue weighted by Crippen LogP contribution is 2.26. The maximum Gasteiger partial charge on any atom is 0.335 e. The third kappa shape index (κ3) is 6.84. The number of carbonyl (C=O) groups excluding carboxylic acids is 1. The highest BCUT2D eigenvalue weighted by Gasteiger charge is 2.48. The molecule has 1 heterocycles. The minimum absolute atomic E-state index is 0.0769. The second-order valence-corrected chi connectivity index (χ2v) is 7.28. The van der Waals surface area contributed by atoms with E-state index in [4.69, 9.17) is 20.3 Å². The van der Waals surface area contributed by atoms with Gasteiger partial charge >= 0.3 is 5.97 Å². The first-order valence-electron chi connectivity index (χ1n) is 10.1. The number of halogens is 1. The third-order valence-corrected chi connectivity index (χ3v) is 4.90. The van der Waals surface area contributed by atoms with E-state index in [9.17, 15) is 29.3 Å². The summed E-state index contributed by atoms with van der Waals surface area (Å²) in [7, 11) is 0. The molecule has 10 nitrogen and oxygen atoms in total. The summed E-state index contributed by atoms with van der Waals surface area (Å²) < 4.78 is 24.7. The fourth-order valence-corrected chi connectivity index (χ4v) is 3.07. The van der Waals surface area contributed by atoms with E-state index in [2.05, 4.69) is 5.32 Å². The number of aliphatic carboxylic acids is 1. The Hall–Kier alpha value is -2.31. The zero-order chi connectivity index (χ0) is 23.0. The summed E-state index contributed by atoms with van der Waals surface area (Å²) in [5.74, 6) is -2.22. The molecule has 174 valence electrons. The highest BCUT2D eigenvalue weighted by molar-refractivity contribution is 5.82. The van der Waals surface area contributed by atoms with Crippen molar-refractivity contribution in [3.05, 3.63) is 29.8 Å². The van der Waals surface area contributed by atoms with Gasteiger partial charge in [-0.3, -0.25) is 4.79 Å². The zero-order valence-corrected chi connectivity index (χ0v) is 16.9. The lowest BCUT2D eigenvalue weighted by Gasteiger charge is -2.38. The predicted molar refractivity (Wildman–Crippen MR) is 106 cm³/mol. The molecule has 0 radical (unpaired) electrons. The normalized spacial score (nSPS) is 26.8. The Morgan fingerprint density at radius 3 is 2.32 bits per heavy atom. The molecule has 0 saturated carbocycles. The number of unbranched alkanes of at least 4 members (excludes halogenated alkanes) is 3. The lowest BCUT2D eigenvalue weighted by atomic mass is 9.99. The molecule has 0 bridgehead atoms. The Morgan fingerprint density at radius 1 is 1.06 bits per heavy atom. The van der Waals surface area contributed by atoms with Crippen molar-refractivity contribution in [3.63, 3.8) is 0 Å². The number of alkyl halides is 1. The van der Waals surface area contributed by atoms with E-state index in [1.54, 1.807) is 0 Å².